The molecule has 0 radical (unpaired) electrons. The Balaban J connectivity index is 1.89. The molecule has 0 aliphatic carbocycles. The number of esters is 1. The van der Waals surface area contributed by atoms with Gasteiger partial charge in [-0.05, 0) is 48.6 Å². The number of carbonyl (C=O) groups excluding carboxylic acids is 1. The van der Waals surface area contributed by atoms with Gasteiger partial charge in [0.1, 0.15) is 23.0 Å². The first-order valence-corrected chi connectivity index (χ1v) is 11.8. The standard InChI is InChI=1S/C23H32N4O4S/c1-5-31-22(28)20-21(24-23(32-4)26-25-20)27(14-16-6-10-18(29-2)11-7-16)15-17-8-12-19(30-3)13-9-17/h6-13,20-21,23-26H,5,14-15H2,1-4H3. The van der Waals surface area contributed by atoms with Gasteiger partial charge in [-0.25, -0.2) is 10.9 Å². The zero-order chi connectivity index (χ0) is 22.9. The molecular formula is C23H32N4O4S. The molecule has 174 valence electrons. The third kappa shape index (κ3) is 6.36. The van der Waals surface area contributed by atoms with Crippen molar-refractivity contribution in [2.24, 2.45) is 0 Å². The molecule has 3 rings (SSSR count). The third-order valence-electron chi connectivity index (χ3n) is 5.27. The van der Waals surface area contributed by atoms with Crippen LogP contribution in [0.3, 0.4) is 0 Å². The van der Waals surface area contributed by atoms with E-state index in [9.17, 15) is 4.79 Å². The summed E-state index contributed by atoms with van der Waals surface area (Å²) in [5.41, 5.74) is 8.47. The zero-order valence-corrected chi connectivity index (χ0v) is 19.8. The van der Waals surface area contributed by atoms with Crippen LogP contribution in [0.4, 0.5) is 0 Å². The van der Waals surface area contributed by atoms with Gasteiger partial charge in [-0.2, -0.15) is 0 Å². The molecule has 1 fully saturated rings. The molecule has 1 aliphatic rings. The first-order chi connectivity index (χ1) is 15.6. The van der Waals surface area contributed by atoms with Gasteiger partial charge in [0.25, 0.3) is 0 Å². The van der Waals surface area contributed by atoms with Crippen LogP contribution in [-0.4, -0.2) is 55.7 Å². The van der Waals surface area contributed by atoms with Gasteiger partial charge in [0.2, 0.25) is 0 Å². The average Bonchev–Trinajstić information content (AvgIpc) is 2.84. The van der Waals surface area contributed by atoms with Gasteiger partial charge >= 0.3 is 5.97 Å². The van der Waals surface area contributed by atoms with Gasteiger partial charge in [-0.3, -0.25) is 15.0 Å². The van der Waals surface area contributed by atoms with Crippen molar-refractivity contribution in [3.63, 3.8) is 0 Å². The largest absolute Gasteiger partial charge is 0.497 e. The Hall–Kier alpha value is -2.30. The highest BCUT2D eigenvalue weighted by Crippen LogP contribution is 2.21. The molecule has 1 heterocycles. The van der Waals surface area contributed by atoms with Crippen LogP contribution in [0.25, 0.3) is 0 Å². The van der Waals surface area contributed by atoms with E-state index in [1.807, 2.05) is 61.7 Å². The summed E-state index contributed by atoms with van der Waals surface area (Å²) in [5.74, 6) is 1.32. The number of hydrogen-bond acceptors (Lipinski definition) is 9. The van der Waals surface area contributed by atoms with Gasteiger partial charge in [-0.1, -0.05) is 24.3 Å². The Kier molecular flexibility index (Phi) is 9.19. The number of hydrogen-bond donors (Lipinski definition) is 3. The number of benzene rings is 2. The Morgan fingerprint density at radius 3 is 1.91 bits per heavy atom. The predicted molar refractivity (Wildman–Crippen MR) is 126 cm³/mol. The number of thioether (sulfide) groups is 1. The molecule has 0 saturated carbocycles. The lowest BCUT2D eigenvalue weighted by atomic mass is 10.1. The monoisotopic (exact) mass is 460 g/mol. The molecule has 3 unspecified atom stereocenters. The fourth-order valence-electron chi connectivity index (χ4n) is 3.58. The second-order valence-electron chi connectivity index (χ2n) is 7.35. The van der Waals surface area contributed by atoms with Gasteiger partial charge < -0.3 is 14.2 Å². The summed E-state index contributed by atoms with van der Waals surface area (Å²) in [6, 6.07) is 15.4. The van der Waals surface area contributed by atoms with Crippen molar-refractivity contribution in [2.45, 2.75) is 37.7 Å². The molecule has 9 heteroatoms. The lowest BCUT2D eigenvalue weighted by Crippen LogP contribution is -2.72. The highest BCUT2D eigenvalue weighted by atomic mass is 32.2. The molecule has 32 heavy (non-hydrogen) atoms. The van der Waals surface area contributed by atoms with E-state index in [0.29, 0.717) is 19.7 Å². The van der Waals surface area contributed by atoms with E-state index < -0.39 is 6.04 Å². The smallest absolute Gasteiger partial charge is 0.327 e. The number of carbonyl (C=O) groups is 1. The van der Waals surface area contributed by atoms with Crippen LogP contribution >= 0.6 is 11.8 Å². The SMILES string of the molecule is CCOC(=O)C1NNC(SC)NC1N(Cc1ccc(OC)cc1)Cc1ccc(OC)cc1. The minimum Gasteiger partial charge on any atom is -0.497 e. The minimum absolute atomic E-state index is 0.0556. The van der Waals surface area contributed by atoms with Crippen LogP contribution < -0.4 is 25.6 Å². The number of ether oxygens (including phenoxy) is 3. The van der Waals surface area contributed by atoms with E-state index in [4.69, 9.17) is 14.2 Å². The van der Waals surface area contributed by atoms with Gasteiger partial charge in [0.15, 0.2) is 0 Å². The van der Waals surface area contributed by atoms with Crippen molar-refractivity contribution in [1.29, 1.82) is 0 Å². The van der Waals surface area contributed by atoms with E-state index in [1.165, 1.54) is 0 Å². The summed E-state index contributed by atoms with van der Waals surface area (Å²) in [6.07, 6.45) is 1.71. The quantitative estimate of drug-likeness (QED) is 0.463. The van der Waals surface area contributed by atoms with Gasteiger partial charge in [0.05, 0.1) is 27.0 Å². The summed E-state index contributed by atoms with van der Waals surface area (Å²) in [7, 11) is 3.31. The minimum atomic E-state index is -0.574. The van der Waals surface area contributed by atoms with E-state index in [0.717, 1.165) is 22.6 Å². The summed E-state index contributed by atoms with van der Waals surface area (Å²) < 4.78 is 15.9. The van der Waals surface area contributed by atoms with Crippen LogP contribution in [0.2, 0.25) is 0 Å². The van der Waals surface area contributed by atoms with Crippen molar-refractivity contribution in [2.75, 3.05) is 27.1 Å². The predicted octanol–water partition coefficient (Wildman–Crippen LogP) is 2.31. The maximum absolute atomic E-state index is 12.7. The van der Waals surface area contributed by atoms with Crippen molar-refractivity contribution in [3.8, 4) is 11.5 Å². The van der Waals surface area contributed by atoms with Crippen LogP contribution in [0.1, 0.15) is 18.1 Å². The topological polar surface area (TPSA) is 84.1 Å². The molecule has 0 bridgehead atoms. The molecule has 1 saturated heterocycles. The lowest BCUT2D eigenvalue weighted by Gasteiger charge is -2.43. The second kappa shape index (κ2) is 12.1. The molecule has 3 N–H and O–H groups in total. The van der Waals surface area contributed by atoms with Crippen LogP contribution in [0.15, 0.2) is 48.5 Å². The maximum Gasteiger partial charge on any atom is 0.327 e. The Morgan fingerprint density at radius 1 is 0.938 bits per heavy atom. The Morgan fingerprint density at radius 2 is 1.47 bits per heavy atom. The number of rotatable bonds is 10. The molecule has 0 spiro atoms. The van der Waals surface area contributed by atoms with E-state index >= 15 is 0 Å². The van der Waals surface area contributed by atoms with Crippen molar-refractivity contribution < 1.29 is 19.0 Å². The first kappa shape index (κ1) is 24.3. The number of nitrogens with one attached hydrogen (secondary N) is 3. The molecule has 0 aromatic heterocycles. The summed E-state index contributed by atoms with van der Waals surface area (Å²) in [4.78, 5) is 15.0. The molecule has 0 amide bonds. The van der Waals surface area contributed by atoms with Crippen molar-refractivity contribution in [1.82, 2.24) is 21.1 Å². The van der Waals surface area contributed by atoms with Crippen LogP contribution in [-0.2, 0) is 22.6 Å². The van der Waals surface area contributed by atoms with Crippen LogP contribution in [0, 0.1) is 0 Å². The van der Waals surface area contributed by atoms with Crippen LogP contribution in [0.5, 0.6) is 11.5 Å². The normalized spacial score (nSPS) is 20.7. The highest BCUT2D eigenvalue weighted by Gasteiger charge is 2.38. The highest BCUT2D eigenvalue weighted by molar-refractivity contribution is 7.99. The molecular weight excluding hydrogens is 428 g/mol. The second-order valence-corrected chi connectivity index (χ2v) is 8.29. The van der Waals surface area contributed by atoms with E-state index in [1.54, 1.807) is 26.0 Å². The fourth-order valence-corrected chi connectivity index (χ4v) is 4.05. The number of methoxy groups -OCH3 is 2. The lowest BCUT2D eigenvalue weighted by molar-refractivity contribution is -0.150. The first-order valence-electron chi connectivity index (χ1n) is 10.5. The third-order valence-corrected chi connectivity index (χ3v) is 5.99. The molecule has 2 aromatic carbocycles. The summed E-state index contributed by atoms with van der Waals surface area (Å²) >= 11 is 1.62. The Bertz CT molecular complexity index is 801. The van der Waals surface area contributed by atoms with Crippen molar-refractivity contribution >= 4 is 17.7 Å². The average molecular weight is 461 g/mol. The molecule has 3 atom stereocenters. The Labute approximate surface area is 194 Å². The maximum atomic E-state index is 12.7. The van der Waals surface area contributed by atoms with E-state index in [2.05, 4.69) is 21.1 Å². The van der Waals surface area contributed by atoms with Crippen molar-refractivity contribution in [3.05, 3.63) is 59.7 Å². The molecule has 2 aromatic rings. The molecule has 8 nitrogen and oxygen atoms in total. The number of nitrogens with zero attached hydrogens (tertiary/aromatic N) is 1. The van der Waals surface area contributed by atoms with Gasteiger partial charge in [-0.15, -0.1) is 11.8 Å². The molecule has 1 aliphatic heterocycles. The summed E-state index contributed by atoms with van der Waals surface area (Å²) in [6.45, 7) is 3.40. The summed E-state index contributed by atoms with van der Waals surface area (Å²) in [5, 5.41) is 3.54. The van der Waals surface area contributed by atoms with Gasteiger partial charge in [0, 0.05) is 13.1 Å². The zero-order valence-electron chi connectivity index (χ0n) is 19.0. The number of hydrazine groups is 1. The fraction of sp³-hybridized carbons (Fsp3) is 0.435. The van der Waals surface area contributed by atoms with E-state index in [-0.39, 0.29) is 17.6 Å².